The summed E-state index contributed by atoms with van der Waals surface area (Å²) >= 11 is 22.0. The van der Waals surface area contributed by atoms with Crippen LogP contribution in [0.15, 0.2) is 0 Å². The molecular formula is C21H39Cl3I2O6. The molecule has 3 N–H and O–H groups in total. The zero-order valence-corrected chi connectivity index (χ0v) is 26.1. The molecule has 0 saturated carbocycles. The molecule has 6 nitrogen and oxygen atoms in total. The topological polar surface area (TPSA) is 88.4 Å². The molecule has 0 heterocycles. The van der Waals surface area contributed by atoms with Crippen molar-refractivity contribution in [2.75, 3.05) is 30.9 Å². The lowest BCUT2D eigenvalue weighted by atomic mass is 9.83. The molecule has 0 rings (SSSR count). The van der Waals surface area contributed by atoms with Crippen LogP contribution in [-0.2, 0) is 14.2 Å². The van der Waals surface area contributed by atoms with Crippen LogP contribution in [0.1, 0.15) is 53.9 Å². The van der Waals surface area contributed by atoms with E-state index in [2.05, 4.69) is 29.5 Å². The van der Waals surface area contributed by atoms with Gasteiger partial charge in [0.1, 0.15) is 19.4 Å². The molecule has 0 aromatic heterocycles. The predicted octanol–water partition coefficient (Wildman–Crippen LogP) is 5.09. The predicted molar refractivity (Wildman–Crippen MR) is 149 cm³/mol. The third-order valence-electron chi connectivity index (χ3n) is 5.26. The van der Waals surface area contributed by atoms with Crippen LogP contribution in [0.3, 0.4) is 0 Å². The van der Waals surface area contributed by atoms with Crippen LogP contribution in [0.25, 0.3) is 0 Å². The maximum atomic E-state index is 10.4. The molecule has 0 saturated heterocycles. The van der Waals surface area contributed by atoms with Crippen LogP contribution in [0, 0.1) is 5.92 Å². The smallest absolute Gasteiger partial charge is 0.143 e. The molecule has 0 amide bonds. The fourth-order valence-electron chi connectivity index (χ4n) is 3.47. The first-order valence-electron chi connectivity index (χ1n) is 10.7. The molecule has 0 fully saturated rings. The summed E-state index contributed by atoms with van der Waals surface area (Å²) in [5.41, 5.74) is -0.631. The average Bonchev–Trinajstić information content (AvgIpc) is 2.72. The Morgan fingerprint density at radius 1 is 0.906 bits per heavy atom. The standard InChI is InChI=1S/C21H39Cl3I2O6/c1-6-7-16(17(28)10-23)19(2,3)31-14(9-22)8-20(4,25)30-13-15(12-27)32-21(5,26)18(29)11-24/h14-18,27-29H,6-13H2,1-5H3/t14?,15?,16?,17?,18-,20?,21+/m0/s1. The maximum Gasteiger partial charge on any atom is 0.143 e. The lowest BCUT2D eigenvalue weighted by Gasteiger charge is -2.41. The summed E-state index contributed by atoms with van der Waals surface area (Å²) in [6.07, 6.45) is -0.341. The largest absolute Gasteiger partial charge is 0.394 e. The highest BCUT2D eigenvalue weighted by Crippen LogP contribution is 2.35. The molecule has 194 valence electrons. The van der Waals surface area contributed by atoms with E-state index in [9.17, 15) is 15.3 Å². The molecular weight excluding hydrogens is 708 g/mol. The summed E-state index contributed by atoms with van der Waals surface area (Å²) < 4.78 is 16.6. The number of rotatable bonds is 18. The Labute approximate surface area is 235 Å². The van der Waals surface area contributed by atoms with Gasteiger partial charge in [-0.15, -0.1) is 34.8 Å². The van der Waals surface area contributed by atoms with Gasteiger partial charge in [-0.2, -0.15) is 0 Å². The lowest BCUT2D eigenvalue weighted by Crippen LogP contribution is -2.46. The summed E-state index contributed by atoms with van der Waals surface area (Å²) in [7, 11) is 0. The minimum Gasteiger partial charge on any atom is -0.394 e. The maximum absolute atomic E-state index is 10.4. The Balaban J connectivity index is 5.09. The number of alkyl halides is 5. The van der Waals surface area contributed by atoms with E-state index < -0.39 is 31.1 Å². The molecule has 0 aromatic carbocycles. The van der Waals surface area contributed by atoms with Crippen molar-refractivity contribution >= 4 is 80.0 Å². The Morgan fingerprint density at radius 3 is 1.94 bits per heavy atom. The molecule has 0 aliphatic heterocycles. The van der Waals surface area contributed by atoms with Gasteiger partial charge in [-0.05, 0) is 79.3 Å². The lowest BCUT2D eigenvalue weighted by molar-refractivity contribution is -0.147. The summed E-state index contributed by atoms with van der Waals surface area (Å²) in [6.45, 7) is 9.43. The molecule has 0 bridgehead atoms. The van der Waals surface area contributed by atoms with Crippen LogP contribution < -0.4 is 0 Å². The number of hydrogen-bond donors (Lipinski definition) is 3. The van der Waals surface area contributed by atoms with E-state index in [1.54, 1.807) is 6.92 Å². The van der Waals surface area contributed by atoms with Gasteiger partial charge in [0.25, 0.3) is 0 Å². The summed E-state index contributed by atoms with van der Waals surface area (Å²) in [4.78, 5) is 0. The van der Waals surface area contributed by atoms with Crippen LogP contribution in [-0.4, -0.2) is 83.4 Å². The Bertz CT molecular complexity index is 514. The van der Waals surface area contributed by atoms with Crippen LogP contribution in [0.2, 0.25) is 0 Å². The highest BCUT2D eigenvalue weighted by molar-refractivity contribution is 14.1. The molecule has 0 spiro atoms. The second-order valence-electron chi connectivity index (χ2n) is 8.81. The molecule has 0 aliphatic rings. The van der Waals surface area contributed by atoms with Gasteiger partial charge in [0.05, 0.1) is 36.9 Å². The van der Waals surface area contributed by atoms with Gasteiger partial charge >= 0.3 is 0 Å². The van der Waals surface area contributed by atoms with E-state index in [1.165, 1.54) is 0 Å². The van der Waals surface area contributed by atoms with Crippen molar-refractivity contribution in [2.45, 2.75) is 91.1 Å². The molecule has 0 aliphatic carbocycles. The van der Waals surface area contributed by atoms with Gasteiger partial charge in [-0.25, -0.2) is 0 Å². The van der Waals surface area contributed by atoms with E-state index in [-0.39, 0.29) is 42.9 Å². The highest BCUT2D eigenvalue weighted by Gasteiger charge is 2.39. The van der Waals surface area contributed by atoms with Crippen molar-refractivity contribution < 1.29 is 29.5 Å². The average molecular weight is 748 g/mol. The molecule has 7 atom stereocenters. The fraction of sp³-hybridized carbons (Fsp3) is 1.00. The summed E-state index contributed by atoms with van der Waals surface area (Å²) in [5.74, 6) is 0.297. The Hall–Kier alpha value is 2.09. The van der Waals surface area contributed by atoms with Gasteiger partial charge in [0, 0.05) is 24.1 Å². The van der Waals surface area contributed by atoms with Gasteiger partial charge in [0.2, 0.25) is 0 Å². The normalized spacial score (nSPS) is 21.3. The monoisotopic (exact) mass is 746 g/mol. The van der Waals surface area contributed by atoms with Gasteiger partial charge in [-0.3, -0.25) is 0 Å². The second kappa shape index (κ2) is 16.0. The number of ether oxygens (including phenoxy) is 3. The van der Waals surface area contributed by atoms with Crippen molar-refractivity contribution in [2.24, 2.45) is 5.92 Å². The van der Waals surface area contributed by atoms with E-state index in [0.29, 0.717) is 6.42 Å². The summed E-state index contributed by atoms with van der Waals surface area (Å²) in [5, 5.41) is 30.1. The summed E-state index contributed by atoms with van der Waals surface area (Å²) in [6, 6.07) is 0. The number of aliphatic hydroxyl groups is 3. The zero-order valence-electron chi connectivity index (χ0n) is 19.5. The molecule has 0 radical (unpaired) electrons. The van der Waals surface area contributed by atoms with E-state index in [4.69, 9.17) is 49.0 Å². The third-order valence-corrected chi connectivity index (χ3v) is 7.94. The first-order valence-corrected chi connectivity index (χ1v) is 14.5. The molecule has 0 aromatic rings. The highest BCUT2D eigenvalue weighted by atomic mass is 127. The first kappa shape index (κ1) is 34.1. The third kappa shape index (κ3) is 12.4. The van der Waals surface area contributed by atoms with Crippen molar-refractivity contribution in [1.29, 1.82) is 0 Å². The Morgan fingerprint density at radius 2 is 1.50 bits per heavy atom. The molecule has 11 heteroatoms. The van der Waals surface area contributed by atoms with Gasteiger partial charge in [0.15, 0.2) is 0 Å². The van der Waals surface area contributed by atoms with E-state index in [0.717, 1.165) is 12.8 Å². The zero-order chi connectivity index (χ0) is 25.2. The second-order valence-corrected chi connectivity index (χ2v) is 14.2. The van der Waals surface area contributed by atoms with Gasteiger partial charge < -0.3 is 29.5 Å². The van der Waals surface area contributed by atoms with Gasteiger partial charge in [-0.1, -0.05) is 13.3 Å². The fourth-order valence-corrected chi connectivity index (χ4v) is 5.66. The van der Waals surface area contributed by atoms with Crippen molar-refractivity contribution in [1.82, 2.24) is 0 Å². The SMILES string of the molecule is CCCC(C(O)CCl)C(C)(C)OC(CCl)CC(C)(I)OCC(CO)O[C@@](C)(I)[C@@H](O)CCl. The van der Waals surface area contributed by atoms with Crippen LogP contribution >= 0.6 is 80.0 Å². The molecule has 32 heavy (non-hydrogen) atoms. The van der Waals surface area contributed by atoms with Crippen molar-refractivity contribution in [3.8, 4) is 0 Å². The number of halogens is 5. The first-order chi connectivity index (χ1) is 14.7. The quantitative estimate of drug-likeness (QED) is 0.134. The van der Waals surface area contributed by atoms with Crippen molar-refractivity contribution in [3.05, 3.63) is 0 Å². The minimum absolute atomic E-state index is 0.0183. The Kier molecular flexibility index (Phi) is 17.1. The number of hydrogen-bond acceptors (Lipinski definition) is 6. The number of aliphatic hydroxyl groups excluding tert-OH is 3. The van der Waals surface area contributed by atoms with Crippen molar-refractivity contribution in [3.63, 3.8) is 0 Å². The van der Waals surface area contributed by atoms with E-state index >= 15 is 0 Å². The minimum atomic E-state index is -0.957. The molecule has 5 unspecified atom stereocenters. The van der Waals surface area contributed by atoms with Crippen LogP contribution in [0.4, 0.5) is 0 Å². The van der Waals surface area contributed by atoms with Crippen LogP contribution in [0.5, 0.6) is 0 Å². The van der Waals surface area contributed by atoms with E-state index in [1.807, 2.05) is 43.4 Å².